The van der Waals surface area contributed by atoms with Gasteiger partial charge in [0.1, 0.15) is 0 Å². The Balaban J connectivity index is 2.20. The molecule has 0 aromatic rings. The second kappa shape index (κ2) is 4.85. The van der Waals surface area contributed by atoms with Gasteiger partial charge in [-0.1, -0.05) is 11.8 Å². The van der Waals surface area contributed by atoms with Crippen LogP contribution in [0.1, 0.15) is 13.8 Å². The molecule has 0 N–H and O–H groups in total. The summed E-state index contributed by atoms with van der Waals surface area (Å²) in [6.45, 7) is 3.09. The third-order valence-corrected chi connectivity index (χ3v) is 8.72. The summed E-state index contributed by atoms with van der Waals surface area (Å²) >= 11 is 2.04. The number of terminal acetylenes is 2. The van der Waals surface area contributed by atoms with Gasteiger partial charge in [-0.25, -0.2) is 0 Å². The molecule has 140 valence electrons. The minimum absolute atomic E-state index is 0.214. The topological polar surface area (TPSA) is 0 Å². The maximum Gasteiger partial charge on any atom is 0.380 e. The zero-order valence-corrected chi connectivity index (χ0v) is 15.5. The highest BCUT2D eigenvalue weighted by molar-refractivity contribution is 8.09. The summed E-state index contributed by atoms with van der Waals surface area (Å²) in [5, 5.41) is 0. The maximum absolute atomic E-state index is 14.7. The first kappa shape index (κ1) is 18.7. The van der Waals surface area contributed by atoms with Gasteiger partial charge < -0.3 is 0 Å². The van der Waals surface area contributed by atoms with E-state index in [1.54, 1.807) is 13.8 Å². The van der Waals surface area contributed by atoms with Crippen LogP contribution in [0.25, 0.3) is 0 Å². The summed E-state index contributed by atoms with van der Waals surface area (Å²) in [5.74, 6) is -11.1. The van der Waals surface area contributed by atoms with Crippen molar-refractivity contribution in [2.45, 2.75) is 41.1 Å². The highest BCUT2D eigenvalue weighted by Gasteiger charge is 2.84. The lowest BCUT2D eigenvalue weighted by atomic mass is 9.71. The summed E-state index contributed by atoms with van der Waals surface area (Å²) < 4.78 is 84.6. The molecule has 0 aromatic carbocycles. The molecule has 1 fully saturated rings. The van der Waals surface area contributed by atoms with Crippen molar-refractivity contribution in [3.05, 3.63) is 44.3 Å². The summed E-state index contributed by atoms with van der Waals surface area (Å²) in [6.07, 6.45) is 13.0. The molecule has 4 rings (SSSR count). The number of halogens is 6. The lowest BCUT2D eigenvalue weighted by Crippen LogP contribution is -2.48. The largest absolute Gasteiger partial charge is 0.380 e. The van der Waals surface area contributed by atoms with Gasteiger partial charge in [-0.15, -0.1) is 36.4 Å². The molecule has 0 amide bonds. The van der Waals surface area contributed by atoms with Crippen molar-refractivity contribution in [3.63, 3.8) is 0 Å². The Morgan fingerprint density at radius 1 is 0.741 bits per heavy atom. The molecule has 0 nitrogen and oxygen atoms in total. The summed E-state index contributed by atoms with van der Waals surface area (Å²) in [5.41, 5.74) is -3.24. The van der Waals surface area contributed by atoms with Crippen LogP contribution in [-0.4, -0.2) is 27.3 Å². The number of rotatable bonds is 0. The molecule has 0 bridgehead atoms. The first-order valence-corrected chi connectivity index (χ1v) is 9.32. The Bertz CT molecular complexity index is 934. The van der Waals surface area contributed by atoms with E-state index in [1.165, 1.54) is 0 Å². The normalized spacial score (nSPS) is 37.1. The molecule has 2 aliphatic heterocycles. The molecule has 2 unspecified atom stereocenters. The van der Waals surface area contributed by atoms with Crippen molar-refractivity contribution in [2.75, 3.05) is 0 Å². The van der Waals surface area contributed by atoms with Gasteiger partial charge in [-0.2, -0.15) is 26.3 Å². The van der Waals surface area contributed by atoms with Gasteiger partial charge in [-0.05, 0) is 37.1 Å². The summed E-state index contributed by atoms with van der Waals surface area (Å²) in [4.78, 5) is 0.428. The minimum atomic E-state index is -5.56. The average molecular weight is 416 g/mol. The van der Waals surface area contributed by atoms with Crippen molar-refractivity contribution < 1.29 is 26.3 Å². The van der Waals surface area contributed by atoms with Crippen LogP contribution in [0.3, 0.4) is 0 Å². The molecule has 0 saturated heterocycles. The number of thioether (sulfide) groups is 2. The zero-order chi connectivity index (χ0) is 20.2. The van der Waals surface area contributed by atoms with Crippen molar-refractivity contribution in [2.24, 2.45) is 0 Å². The quantitative estimate of drug-likeness (QED) is 0.375. The summed E-state index contributed by atoms with van der Waals surface area (Å²) in [6, 6.07) is 0. The van der Waals surface area contributed by atoms with Gasteiger partial charge in [0.25, 0.3) is 0 Å². The molecular weight excluding hydrogens is 406 g/mol. The van der Waals surface area contributed by atoms with Crippen LogP contribution in [-0.2, 0) is 0 Å². The number of allylic oxidation sites excluding steroid dienone is 6. The van der Waals surface area contributed by atoms with Crippen molar-refractivity contribution in [3.8, 4) is 24.7 Å². The second-order valence-electron chi connectivity index (χ2n) is 6.88. The van der Waals surface area contributed by atoms with Crippen LogP contribution in [0.2, 0.25) is 0 Å². The molecule has 8 heteroatoms. The molecule has 1 saturated carbocycles. The first-order valence-electron chi connectivity index (χ1n) is 7.68. The smallest absolute Gasteiger partial charge is 0.194 e. The van der Waals surface area contributed by atoms with E-state index in [0.29, 0.717) is 0 Å². The van der Waals surface area contributed by atoms with Gasteiger partial charge in [0.2, 0.25) is 0 Å². The highest BCUT2D eigenvalue weighted by Crippen LogP contribution is 2.73. The average Bonchev–Trinajstić information content (AvgIpc) is 3.13. The Morgan fingerprint density at radius 3 is 1.37 bits per heavy atom. The lowest BCUT2D eigenvalue weighted by molar-refractivity contribution is -0.258. The fourth-order valence-corrected chi connectivity index (χ4v) is 6.80. The van der Waals surface area contributed by atoms with Crippen molar-refractivity contribution in [1.82, 2.24) is 0 Å². The fraction of sp³-hybridized carbons (Fsp3) is 0.368. The van der Waals surface area contributed by atoms with Gasteiger partial charge in [0.05, 0.1) is 19.3 Å². The Hall–Kier alpha value is -1.64. The Morgan fingerprint density at radius 2 is 1.07 bits per heavy atom. The SMILES string of the molecule is C#CC1=CC2=C3C(=C4C=C(C#C)SC4(C)C2(C)S1)C(F)(F)C(F)(F)C3(F)F. The van der Waals surface area contributed by atoms with Crippen LogP contribution in [0.4, 0.5) is 26.3 Å². The van der Waals surface area contributed by atoms with Crippen LogP contribution in [0.15, 0.2) is 44.3 Å². The minimum Gasteiger partial charge on any atom is -0.194 e. The molecule has 2 aliphatic carbocycles. The third kappa shape index (κ3) is 1.75. The third-order valence-electron chi connectivity index (χ3n) is 5.61. The van der Waals surface area contributed by atoms with Gasteiger partial charge in [-0.3, -0.25) is 0 Å². The maximum atomic E-state index is 14.7. The monoisotopic (exact) mass is 416 g/mol. The van der Waals surface area contributed by atoms with E-state index in [2.05, 4.69) is 11.8 Å². The van der Waals surface area contributed by atoms with Crippen LogP contribution < -0.4 is 0 Å². The highest BCUT2D eigenvalue weighted by atomic mass is 32.2. The Labute approximate surface area is 160 Å². The number of hydrogen-bond acceptors (Lipinski definition) is 2. The van der Waals surface area contributed by atoms with E-state index in [1.807, 2.05) is 0 Å². The van der Waals surface area contributed by atoms with Crippen molar-refractivity contribution >= 4 is 23.5 Å². The van der Waals surface area contributed by atoms with Crippen LogP contribution in [0.5, 0.6) is 0 Å². The fourth-order valence-electron chi connectivity index (χ4n) is 4.05. The number of fused-ring (bicyclic) bond motifs is 4. The number of hydrogen-bond donors (Lipinski definition) is 0. The van der Waals surface area contributed by atoms with Gasteiger partial charge in [0.15, 0.2) is 0 Å². The first-order chi connectivity index (χ1) is 12.3. The second-order valence-corrected chi connectivity index (χ2v) is 9.80. The predicted octanol–water partition coefficient (Wildman–Crippen LogP) is 5.56. The van der Waals surface area contributed by atoms with Crippen LogP contribution in [0, 0.1) is 24.7 Å². The van der Waals surface area contributed by atoms with E-state index >= 15 is 0 Å². The molecule has 0 aromatic heterocycles. The van der Waals surface area contributed by atoms with E-state index in [9.17, 15) is 26.3 Å². The van der Waals surface area contributed by atoms with E-state index in [4.69, 9.17) is 12.8 Å². The lowest BCUT2D eigenvalue weighted by Gasteiger charge is -2.46. The number of alkyl halides is 6. The molecular formula is C19H10F6S2. The van der Waals surface area contributed by atoms with E-state index in [-0.39, 0.29) is 21.0 Å². The molecule has 4 aliphatic rings. The standard InChI is InChI=1S/C19H10F6S2/c1-5-9-7-11-13-14(18(22,23)19(24,25)17(13,20)21)12-8-10(6-2)27-16(12,4)15(11,3)26-9/h1-2,7-8H,3-4H3. The molecule has 2 heterocycles. The molecule has 0 spiro atoms. The van der Waals surface area contributed by atoms with Gasteiger partial charge >= 0.3 is 17.8 Å². The molecule has 0 radical (unpaired) electrons. The van der Waals surface area contributed by atoms with E-state index < -0.39 is 38.4 Å². The van der Waals surface area contributed by atoms with Gasteiger partial charge in [0, 0.05) is 11.1 Å². The van der Waals surface area contributed by atoms with E-state index in [0.717, 1.165) is 35.7 Å². The molecule has 2 atom stereocenters. The summed E-state index contributed by atoms with van der Waals surface area (Å²) in [7, 11) is 0. The molecule has 27 heavy (non-hydrogen) atoms. The predicted molar refractivity (Wildman–Crippen MR) is 94.7 cm³/mol. The Kier molecular flexibility index (Phi) is 3.36. The van der Waals surface area contributed by atoms with Crippen LogP contribution >= 0.6 is 23.5 Å². The van der Waals surface area contributed by atoms with Crippen molar-refractivity contribution in [1.29, 1.82) is 0 Å². The zero-order valence-electron chi connectivity index (χ0n) is 13.9.